The van der Waals surface area contributed by atoms with Crippen molar-refractivity contribution in [1.29, 1.82) is 0 Å². The van der Waals surface area contributed by atoms with Crippen molar-refractivity contribution in [3.8, 4) is 5.75 Å². The minimum absolute atomic E-state index is 0.314. The van der Waals surface area contributed by atoms with Crippen molar-refractivity contribution in [2.45, 2.75) is 32.8 Å². The van der Waals surface area contributed by atoms with Crippen molar-refractivity contribution < 1.29 is 9.53 Å². The van der Waals surface area contributed by atoms with Crippen LogP contribution in [-0.2, 0) is 4.79 Å². The average molecular weight is 380 g/mol. The number of rotatable bonds is 5. The Morgan fingerprint density at radius 1 is 1.50 bits per heavy atom. The molecule has 0 aromatic heterocycles. The fraction of sp³-hybridized carbons (Fsp3) is 0.417. The first-order valence-corrected chi connectivity index (χ1v) is 7.21. The summed E-state index contributed by atoms with van der Waals surface area (Å²) < 4.78 is 7.52. The number of hydrogen-bond donors (Lipinski definition) is 2. The summed E-state index contributed by atoms with van der Waals surface area (Å²) in [5.74, 6) is 5.51. The molecule has 0 heterocycles. The average Bonchev–Trinajstić information content (AvgIpc) is 2.31. The number of halogens is 2. The molecule has 0 saturated carbocycles. The highest BCUT2D eigenvalue weighted by Gasteiger charge is 2.20. The van der Waals surface area contributed by atoms with Gasteiger partial charge in [0, 0.05) is 4.47 Å². The van der Waals surface area contributed by atoms with Crippen LogP contribution in [0.2, 0.25) is 0 Å². The fourth-order valence-electron chi connectivity index (χ4n) is 1.58. The van der Waals surface area contributed by atoms with Crippen LogP contribution in [0.4, 0.5) is 0 Å². The van der Waals surface area contributed by atoms with Crippen molar-refractivity contribution in [2.24, 2.45) is 5.84 Å². The lowest BCUT2D eigenvalue weighted by Gasteiger charge is -2.19. The van der Waals surface area contributed by atoms with Gasteiger partial charge in [-0.05, 0) is 47.0 Å². The first-order valence-electron chi connectivity index (χ1n) is 5.62. The number of carbonyl (C=O) groups is 1. The molecule has 100 valence electrons. The van der Waals surface area contributed by atoms with E-state index in [1.165, 1.54) is 0 Å². The summed E-state index contributed by atoms with van der Waals surface area (Å²) in [5, 5.41) is 0. The first-order chi connectivity index (χ1) is 8.49. The van der Waals surface area contributed by atoms with Gasteiger partial charge in [0.15, 0.2) is 6.10 Å². The molecule has 1 unspecified atom stereocenters. The molecule has 1 atom stereocenters. The second kappa shape index (κ2) is 7.11. The molecular weight excluding hydrogens is 364 g/mol. The second-order valence-corrected chi connectivity index (χ2v) is 5.71. The molecule has 0 aliphatic heterocycles. The van der Waals surface area contributed by atoms with Gasteiger partial charge in [0.05, 0.1) is 4.47 Å². The molecule has 0 spiro atoms. The number of carbonyl (C=O) groups excluding carboxylic acids is 1. The first kappa shape index (κ1) is 15.5. The zero-order valence-electron chi connectivity index (χ0n) is 10.3. The van der Waals surface area contributed by atoms with E-state index in [0.29, 0.717) is 12.2 Å². The van der Waals surface area contributed by atoms with Crippen LogP contribution in [0.25, 0.3) is 0 Å². The summed E-state index contributed by atoms with van der Waals surface area (Å²) in [6.45, 7) is 3.91. The minimum Gasteiger partial charge on any atom is -0.479 e. The zero-order valence-corrected chi connectivity index (χ0v) is 13.5. The Labute approximate surface area is 123 Å². The Balaban J connectivity index is 2.97. The Hall–Kier alpha value is -0.590. The number of hydrogen-bond acceptors (Lipinski definition) is 3. The maximum Gasteiger partial charge on any atom is 0.274 e. The molecule has 18 heavy (non-hydrogen) atoms. The molecule has 1 aromatic carbocycles. The number of hydrazine groups is 1. The lowest BCUT2D eigenvalue weighted by Crippen LogP contribution is -2.42. The van der Waals surface area contributed by atoms with Gasteiger partial charge < -0.3 is 4.74 Å². The second-order valence-electron chi connectivity index (χ2n) is 3.94. The number of aryl methyl sites for hydroxylation is 1. The van der Waals surface area contributed by atoms with E-state index in [-0.39, 0.29) is 5.91 Å². The molecule has 0 radical (unpaired) electrons. The third-order valence-electron chi connectivity index (χ3n) is 2.44. The molecule has 0 bridgehead atoms. The minimum atomic E-state index is -0.573. The van der Waals surface area contributed by atoms with Crippen LogP contribution in [-0.4, -0.2) is 12.0 Å². The monoisotopic (exact) mass is 378 g/mol. The summed E-state index contributed by atoms with van der Waals surface area (Å²) in [7, 11) is 0. The maximum absolute atomic E-state index is 11.6. The predicted molar refractivity (Wildman–Crippen MR) is 78.2 cm³/mol. The largest absolute Gasteiger partial charge is 0.479 e. The van der Waals surface area contributed by atoms with Crippen molar-refractivity contribution >= 4 is 37.8 Å². The normalized spacial score (nSPS) is 12.1. The highest BCUT2D eigenvalue weighted by atomic mass is 79.9. The Kier molecular flexibility index (Phi) is 6.11. The van der Waals surface area contributed by atoms with Crippen molar-refractivity contribution in [3.63, 3.8) is 0 Å². The third kappa shape index (κ3) is 3.96. The SMILES string of the molecule is CCCC(Oc1c(C)cc(Br)cc1Br)C(=O)NN. The van der Waals surface area contributed by atoms with Crippen LogP contribution in [0.15, 0.2) is 21.1 Å². The van der Waals surface area contributed by atoms with E-state index in [1.807, 2.05) is 26.0 Å². The molecule has 0 saturated heterocycles. The summed E-state index contributed by atoms with van der Waals surface area (Å²) in [6, 6.07) is 3.81. The smallest absolute Gasteiger partial charge is 0.274 e. The Morgan fingerprint density at radius 2 is 2.17 bits per heavy atom. The number of nitrogens with two attached hydrogens (primary N) is 1. The summed E-state index contributed by atoms with van der Waals surface area (Å²) >= 11 is 6.83. The molecule has 4 nitrogen and oxygen atoms in total. The van der Waals surface area contributed by atoms with Gasteiger partial charge in [-0.15, -0.1) is 0 Å². The van der Waals surface area contributed by atoms with Gasteiger partial charge in [0.1, 0.15) is 5.75 Å². The number of amides is 1. The summed E-state index contributed by atoms with van der Waals surface area (Å²) in [6.07, 6.45) is 0.882. The highest BCUT2D eigenvalue weighted by molar-refractivity contribution is 9.11. The van der Waals surface area contributed by atoms with Crippen LogP contribution in [0.1, 0.15) is 25.3 Å². The van der Waals surface area contributed by atoms with Crippen LogP contribution >= 0.6 is 31.9 Å². The summed E-state index contributed by atoms with van der Waals surface area (Å²) in [4.78, 5) is 11.6. The quantitative estimate of drug-likeness (QED) is 0.469. The Bertz CT molecular complexity index is 415. The number of ether oxygens (including phenoxy) is 1. The van der Waals surface area contributed by atoms with Crippen molar-refractivity contribution in [1.82, 2.24) is 5.43 Å². The molecule has 0 aliphatic rings. The van der Waals surface area contributed by atoms with E-state index in [1.54, 1.807) is 0 Å². The van der Waals surface area contributed by atoms with Crippen LogP contribution in [0.5, 0.6) is 5.75 Å². The van der Waals surface area contributed by atoms with Crippen LogP contribution in [0, 0.1) is 6.92 Å². The van der Waals surface area contributed by atoms with Gasteiger partial charge in [-0.2, -0.15) is 0 Å². The molecular formula is C12H16Br2N2O2. The van der Waals surface area contributed by atoms with Crippen molar-refractivity contribution in [2.75, 3.05) is 0 Å². The fourth-order valence-corrected chi connectivity index (χ4v) is 3.11. The Morgan fingerprint density at radius 3 is 2.67 bits per heavy atom. The van der Waals surface area contributed by atoms with E-state index in [4.69, 9.17) is 10.6 Å². The van der Waals surface area contributed by atoms with E-state index >= 15 is 0 Å². The molecule has 0 fully saturated rings. The third-order valence-corrected chi connectivity index (χ3v) is 3.49. The lowest BCUT2D eigenvalue weighted by molar-refractivity contribution is -0.128. The van der Waals surface area contributed by atoms with Gasteiger partial charge >= 0.3 is 0 Å². The lowest BCUT2D eigenvalue weighted by atomic mass is 10.2. The maximum atomic E-state index is 11.6. The molecule has 0 aliphatic carbocycles. The van der Waals surface area contributed by atoms with Gasteiger partial charge in [-0.25, -0.2) is 5.84 Å². The molecule has 1 amide bonds. The molecule has 1 aromatic rings. The van der Waals surface area contributed by atoms with Crippen LogP contribution in [0.3, 0.4) is 0 Å². The zero-order chi connectivity index (χ0) is 13.7. The van der Waals surface area contributed by atoms with Crippen LogP contribution < -0.4 is 16.0 Å². The highest BCUT2D eigenvalue weighted by Crippen LogP contribution is 2.33. The van der Waals surface area contributed by atoms with Gasteiger partial charge in [0.2, 0.25) is 0 Å². The topological polar surface area (TPSA) is 64.3 Å². The van der Waals surface area contributed by atoms with Gasteiger partial charge in [-0.1, -0.05) is 29.3 Å². The molecule has 6 heteroatoms. The van der Waals surface area contributed by atoms with Gasteiger partial charge in [-0.3, -0.25) is 10.2 Å². The standard InChI is InChI=1S/C12H16Br2N2O2/c1-3-4-10(12(17)16-15)18-11-7(2)5-8(13)6-9(11)14/h5-6,10H,3-4,15H2,1-2H3,(H,16,17). The molecule has 3 N–H and O–H groups in total. The molecule has 1 rings (SSSR count). The number of benzene rings is 1. The predicted octanol–water partition coefficient (Wildman–Crippen LogP) is 3.06. The van der Waals surface area contributed by atoms with Crippen molar-refractivity contribution in [3.05, 3.63) is 26.6 Å². The van der Waals surface area contributed by atoms with Gasteiger partial charge in [0.25, 0.3) is 5.91 Å². The van der Waals surface area contributed by atoms with E-state index in [2.05, 4.69) is 37.3 Å². The van der Waals surface area contributed by atoms with E-state index in [0.717, 1.165) is 20.9 Å². The number of nitrogens with one attached hydrogen (secondary N) is 1. The summed E-state index contributed by atoms with van der Waals surface area (Å²) in [5.41, 5.74) is 3.08. The van der Waals surface area contributed by atoms with E-state index in [9.17, 15) is 4.79 Å². The van der Waals surface area contributed by atoms with E-state index < -0.39 is 6.10 Å².